The van der Waals surface area contributed by atoms with E-state index in [4.69, 9.17) is 32.6 Å². The number of hydrogen-bond donors (Lipinski definition) is 1. The fourth-order valence-electron chi connectivity index (χ4n) is 4.08. The van der Waals surface area contributed by atoms with Crippen LogP contribution in [0.3, 0.4) is 0 Å². The first-order valence-electron chi connectivity index (χ1n) is 10.0. The van der Waals surface area contributed by atoms with Crippen molar-refractivity contribution in [3.8, 4) is 17.1 Å². The quantitative estimate of drug-likeness (QED) is 0.328. The molecule has 160 valence electrons. The minimum Gasteiger partial charge on any atom is -0.505 e. The predicted molar refractivity (Wildman–Crippen MR) is 126 cm³/mol. The van der Waals surface area contributed by atoms with Crippen LogP contribution in [0.2, 0.25) is 10.0 Å². The van der Waals surface area contributed by atoms with Crippen molar-refractivity contribution in [1.82, 2.24) is 14.5 Å². The Hall–Kier alpha value is -2.87. The number of phenols is 1. The molecule has 0 radical (unpaired) electrons. The van der Waals surface area contributed by atoms with Gasteiger partial charge in [-0.25, -0.2) is 9.97 Å². The molecule has 32 heavy (non-hydrogen) atoms. The lowest BCUT2D eigenvalue weighted by Crippen LogP contribution is -2.24. The molecule has 1 fully saturated rings. The van der Waals surface area contributed by atoms with Crippen LogP contribution < -0.4 is 5.56 Å². The average molecular weight is 484 g/mol. The number of aromatic hydroxyl groups is 1. The number of aromatic nitrogens is 3. The summed E-state index contributed by atoms with van der Waals surface area (Å²) < 4.78 is 7.58. The van der Waals surface area contributed by atoms with E-state index in [1.54, 1.807) is 22.9 Å². The highest BCUT2D eigenvalue weighted by Crippen LogP contribution is 2.46. The van der Waals surface area contributed by atoms with Gasteiger partial charge in [0.2, 0.25) is 0 Å². The van der Waals surface area contributed by atoms with Crippen molar-refractivity contribution < 1.29 is 9.52 Å². The van der Waals surface area contributed by atoms with Gasteiger partial charge in [-0.3, -0.25) is 9.36 Å². The molecule has 3 heterocycles. The number of oxazole rings is 1. The molecule has 2 aromatic carbocycles. The van der Waals surface area contributed by atoms with Crippen LogP contribution in [0.25, 0.3) is 31.7 Å². The number of phenolic OH excluding ortho intramolecular Hbond substituents is 1. The van der Waals surface area contributed by atoms with Crippen LogP contribution in [0, 0.1) is 0 Å². The second-order valence-electron chi connectivity index (χ2n) is 7.86. The number of rotatable bonds is 4. The Kier molecular flexibility index (Phi) is 4.54. The molecule has 1 aliphatic rings. The van der Waals surface area contributed by atoms with Gasteiger partial charge in [-0.2, -0.15) is 0 Å². The van der Waals surface area contributed by atoms with Crippen molar-refractivity contribution in [1.29, 1.82) is 0 Å². The van der Waals surface area contributed by atoms with Crippen LogP contribution >= 0.6 is 34.5 Å². The van der Waals surface area contributed by atoms with Crippen LogP contribution in [0.4, 0.5) is 0 Å². The first-order valence-corrected chi connectivity index (χ1v) is 11.6. The van der Waals surface area contributed by atoms with Crippen molar-refractivity contribution in [3.05, 3.63) is 74.6 Å². The third kappa shape index (κ3) is 3.11. The second-order valence-corrected chi connectivity index (χ2v) is 9.70. The van der Waals surface area contributed by atoms with E-state index < -0.39 is 0 Å². The molecular formula is C23H15Cl2N3O3S. The summed E-state index contributed by atoms with van der Waals surface area (Å²) in [5.74, 6) is 1.44. The number of halogens is 2. The zero-order chi connectivity index (χ0) is 22.0. The van der Waals surface area contributed by atoms with E-state index in [-0.39, 0.29) is 22.9 Å². The Morgan fingerprint density at radius 2 is 2.06 bits per heavy atom. The topological polar surface area (TPSA) is 81.2 Å². The number of benzene rings is 2. The van der Waals surface area contributed by atoms with E-state index in [0.29, 0.717) is 42.8 Å². The molecule has 0 aliphatic heterocycles. The third-order valence-electron chi connectivity index (χ3n) is 5.76. The number of fused-ring (bicyclic) bond motifs is 3. The molecule has 0 bridgehead atoms. The molecule has 6 rings (SSSR count). The van der Waals surface area contributed by atoms with Gasteiger partial charge in [-0.05, 0) is 48.6 Å². The van der Waals surface area contributed by atoms with E-state index in [9.17, 15) is 9.90 Å². The lowest BCUT2D eigenvalue weighted by molar-refractivity contribution is 0.482. The predicted octanol–water partition coefficient (Wildman–Crippen LogP) is 6.20. The van der Waals surface area contributed by atoms with Gasteiger partial charge in [0.05, 0.1) is 27.9 Å². The smallest absolute Gasteiger partial charge is 0.263 e. The lowest BCUT2D eigenvalue weighted by Gasteiger charge is -2.15. The summed E-state index contributed by atoms with van der Waals surface area (Å²) in [7, 11) is 0. The van der Waals surface area contributed by atoms with Crippen LogP contribution in [0.5, 0.6) is 5.75 Å². The molecule has 0 atom stereocenters. The maximum Gasteiger partial charge on any atom is 0.263 e. The first kappa shape index (κ1) is 19.8. The molecule has 0 spiro atoms. The van der Waals surface area contributed by atoms with Crippen molar-refractivity contribution in [2.24, 2.45) is 0 Å². The Balaban J connectivity index is 1.70. The Morgan fingerprint density at radius 3 is 2.81 bits per heavy atom. The highest BCUT2D eigenvalue weighted by Gasteiger charge is 2.29. The van der Waals surface area contributed by atoms with Crippen LogP contribution in [-0.2, 0) is 6.54 Å². The highest BCUT2D eigenvalue weighted by molar-refractivity contribution is 7.25. The van der Waals surface area contributed by atoms with E-state index in [2.05, 4.69) is 4.98 Å². The zero-order valence-corrected chi connectivity index (χ0v) is 18.8. The Morgan fingerprint density at radius 1 is 1.22 bits per heavy atom. The fraction of sp³-hybridized carbons (Fsp3) is 0.174. The van der Waals surface area contributed by atoms with E-state index in [0.717, 1.165) is 24.0 Å². The van der Waals surface area contributed by atoms with Crippen molar-refractivity contribution >= 4 is 54.8 Å². The molecule has 0 amide bonds. The van der Waals surface area contributed by atoms with Gasteiger partial charge in [0.25, 0.3) is 5.56 Å². The van der Waals surface area contributed by atoms with E-state index in [1.165, 1.54) is 17.7 Å². The van der Waals surface area contributed by atoms with Gasteiger partial charge >= 0.3 is 0 Å². The first-order chi connectivity index (χ1) is 15.5. The highest BCUT2D eigenvalue weighted by atomic mass is 35.5. The molecule has 1 saturated carbocycles. The summed E-state index contributed by atoms with van der Waals surface area (Å²) in [6, 6.07) is 9.02. The van der Waals surface area contributed by atoms with Gasteiger partial charge in [-0.1, -0.05) is 29.3 Å². The van der Waals surface area contributed by atoms with Gasteiger partial charge in [-0.15, -0.1) is 11.3 Å². The molecule has 1 aliphatic carbocycles. The maximum atomic E-state index is 13.8. The summed E-state index contributed by atoms with van der Waals surface area (Å²) in [5.41, 5.74) is 1.74. The monoisotopic (exact) mass is 483 g/mol. The molecule has 6 nitrogen and oxygen atoms in total. The van der Waals surface area contributed by atoms with Gasteiger partial charge < -0.3 is 9.52 Å². The average Bonchev–Trinajstić information content (AvgIpc) is 3.36. The number of hydrogen-bond acceptors (Lipinski definition) is 6. The van der Waals surface area contributed by atoms with Crippen LogP contribution in [-0.4, -0.2) is 19.6 Å². The van der Waals surface area contributed by atoms with Crippen molar-refractivity contribution in [3.63, 3.8) is 0 Å². The van der Waals surface area contributed by atoms with Gasteiger partial charge in [0.1, 0.15) is 16.4 Å². The molecular weight excluding hydrogens is 469 g/mol. The fourth-order valence-corrected chi connectivity index (χ4v) is 5.59. The summed E-state index contributed by atoms with van der Waals surface area (Å²) in [4.78, 5) is 23.2. The van der Waals surface area contributed by atoms with Crippen LogP contribution in [0.15, 0.2) is 52.1 Å². The molecule has 5 aromatic rings. The Bertz CT molecular complexity index is 1570. The minimum atomic E-state index is -0.217. The van der Waals surface area contributed by atoms with Crippen molar-refractivity contribution in [2.45, 2.75) is 25.3 Å². The van der Waals surface area contributed by atoms with Crippen LogP contribution in [0.1, 0.15) is 30.1 Å². The SMILES string of the molecule is O=c1c2c(nc(-c3ccc(Cl)cc3C3CC3)n1Cc1cnco1)sc1c(O)c(Cl)ccc12. The van der Waals surface area contributed by atoms with E-state index in [1.807, 2.05) is 18.2 Å². The number of nitrogens with zero attached hydrogens (tertiary/aromatic N) is 3. The largest absolute Gasteiger partial charge is 0.505 e. The summed E-state index contributed by atoms with van der Waals surface area (Å²) >= 11 is 13.7. The van der Waals surface area contributed by atoms with Crippen molar-refractivity contribution in [2.75, 3.05) is 0 Å². The third-order valence-corrected chi connectivity index (χ3v) is 7.40. The Labute approximate surface area is 195 Å². The van der Waals surface area contributed by atoms with Gasteiger partial charge in [0, 0.05) is 16.0 Å². The summed E-state index contributed by atoms with van der Waals surface area (Å²) in [6.07, 6.45) is 5.08. The minimum absolute atomic E-state index is 0.0416. The summed E-state index contributed by atoms with van der Waals surface area (Å²) in [6.45, 7) is 0.181. The molecule has 9 heteroatoms. The molecule has 0 unspecified atom stereocenters. The van der Waals surface area contributed by atoms with Gasteiger partial charge in [0.15, 0.2) is 12.1 Å². The molecule has 1 N–H and O–H groups in total. The summed E-state index contributed by atoms with van der Waals surface area (Å²) in [5, 5.41) is 12.4. The second kappa shape index (κ2) is 7.33. The molecule has 3 aromatic heterocycles. The van der Waals surface area contributed by atoms with E-state index >= 15 is 0 Å². The standard InChI is InChI=1S/C23H15Cl2N3O3S/c24-12-3-4-14(16(7-12)11-1-2-11)21-27-22-18(15-5-6-17(25)19(29)20(15)32-22)23(30)28(21)9-13-8-26-10-31-13/h3-8,10-11,29H,1-2,9H2. The maximum absolute atomic E-state index is 13.8. The number of thiophene rings is 1. The lowest BCUT2D eigenvalue weighted by atomic mass is 10.0. The normalized spacial score (nSPS) is 13.9. The zero-order valence-electron chi connectivity index (χ0n) is 16.5. The molecule has 0 saturated heterocycles.